The Morgan fingerprint density at radius 3 is 2.52 bits per heavy atom. The molecule has 0 aliphatic heterocycles. The van der Waals surface area contributed by atoms with Crippen LogP contribution >= 0.6 is 0 Å². The van der Waals surface area contributed by atoms with E-state index >= 15 is 0 Å². The first-order chi connectivity index (χ1) is 10.0. The minimum absolute atomic E-state index is 0.675. The second-order valence-electron chi connectivity index (χ2n) is 5.30. The first kappa shape index (κ1) is 15.3. The third-order valence-corrected chi connectivity index (χ3v) is 3.31. The smallest absolute Gasteiger partial charge is 0.223 e. The van der Waals surface area contributed by atoms with Gasteiger partial charge in [0.05, 0.1) is 12.8 Å². The normalized spacial score (nSPS) is 10.5. The van der Waals surface area contributed by atoms with Gasteiger partial charge in [-0.15, -0.1) is 0 Å². The van der Waals surface area contributed by atoms with Crippen LogP contribution in [0.1, 0.15) is 30.2 Å². The number of aromatic nitrogens is 2. The molecule has 1 aromatic carbocycles. The molecular weight excluding hydrogens is 262 g/mol. The minimum Gasteiger partial charge on any atom is -0.496 e. The van der Waals surface area contributed by atoms with E-state index in [2.05, 4.69) is 42.1 Å². The number of aryl methyl sites for hydroxylation is 3. The molecule has 1 aromatic heterocycles. The maximum Gasteiger partial charge on any atom is 0.223 e. The quantitative estimate of drug-likeness (QED) is 0.905. The van der Waals surface area contributed by atoms with Gasteiger partial charge in [0.1, 0.15) is 5.75 Å². The minimum atomic E-state index is 0.675. The van der Waals surface area contributed by atoms with Crippen LogP contribution in [0.2, 0.25) is 0 Å². The van der Waals surface area contributed by atoms with E-state index in [0.717, 1.165) is 41.2 Å². The molecule has 112 valence electrons. The zero-order valence-electron chi connectivity index (χ0n) is 13.4. The maximum absolute atomic E-state index is 5.54. The molecule has 0 unspecified atom stereocenters. The molecule has 0 saturated heterocycles. The maximum atomic E-state index is 5.54. The van der Waals surface area contributed by atoms with Crippen molar-refractivity contribution in [1.82, 2.24) is 9.97 Å². The lowest BCUT2D eigenvalue weighted by Gasteiger charge is -2.14. The van der Waals surface area contributed by atoms with Crippen molar-refractivity contribution in [3.63, 3.8) is 0 Å². The molecule has 2 aromatic rings. The fourth-order valence-electron chi connectivity index (χ4n) is 2.43. The molecule has 0 radical (unpaired) electrons. The highest BCUT2D eigenvalue weighted by atomic mass is 16.5. The zero-order chi connectivity index (χ0) is 15.4. The standard InChI is InChI=1S/C17H23N3O/c1-6-7-18-17-19-13(4)10-14(20-17)16-12(3)8-11(2)9-15(16)21-5/h8-10H,6-7H2,1-5H3,(H,18,19,20). The first-order valence-electron chi connectivity index (χ1n) is 7.30. The van der Waals surface area contributed by atoms with E-state index in [1.54, 1.807) is 7.11 Å². The summed E-state index contributed by atoms with van der Waals surface area (Å²) in [5.41, 5.74) is 5.22. The molecule has 4 nitrogen and oxygen atoms in total. The van der Waals surface area contributed by atoms with Gasteiger partial charge in [0.25, 0.3) is 0 Å². The Morgan fingerprint density at radius 2 is 1.86 bits per heavy atom. The van der Waals surface area contributed by atoms with Crippen LogP contribution in [0.3, 0.4) is 0 Å². The van der Waals surface area contributed by atoms with Crippen molar-refractivity contribution in [2.24, 2.45) is 0 Å². The molecular formula is C17H23N3O. The number of hydrogen-bond donors (Lipinski definition) is 1. The zero-order valence-corrected chi connectivity index (χ0v) is 13.4. The van der Waals surface area contributed by atoms with Crippen LogP contribution in [-0.4, -0.2) is 23.6 Å². The third kappa shape index (κ3) is 3.51. The van der Waals surface area contributed by atoms with E-state index < -0.39 is 0 Å². The number of benzene rings is 1. The highest BCUT2D eigenvalue weighted by Gasteiger charge is 2.13. The molecule has 0 atom stereocenters. The Hall–Kier alpha value is -2.10. The lowest BCUT2D eigenvalue weighted by atomic mass is 10.0. The number of nitrogens with one attached hydrogen (secondary N) is 1. The lowest BCUT2D eigenvalue weighted by molar-refractivity contribution is 0.415. The van der Waals surface area contributed by atoms with Crippen molar-refractivity contribution in [2.45, 2.75) is 34.1 Å². The predicted molar refractivity (Wildman–Crippen MR) is 87.0 cm³/mol. The summed E-state index contributed by atoms with van der Waals surface area (Å²) in [4.78, 5) is 9.07. The second kappa shape index (κ2) is 6.57. The van der Waals surface area contributed by atoms with Gasteiger partial charge in [0.2, 0.25) is 5.95 Å². The summed E-state index contributed by atoms with van der Waals surface area (Å²) >= 11 is 0. The van der Waals surface area contributed by atoms with Crippen LogP contribution in [0, 0.1) is 20.8 Å². The van der Waals surface area contributed by atoms with E-state index in [0.29, 0.717) is 5.95 Å². The summed E-state index contributed by atoms with van der Waals surface area (Å²) < 4.78 is 5.54. The highest BCUT2D eigenvalue weighted by molar-refractivity contribution is 5.72. The largest absolute Gasteiger partial charge is 0.496 e. The van der Waals surface area contributed by atoms with Crippen LogP contribution in [0.25, 0.3) is 11.3 Å². The van der Waals surface area contributed by atoms with Crippen molar-refractivity contribution in [3.8, 4) is 17.0 Å². The van der Waals surface area contributed by atoms with E-state index in [9.17, 15) is 0 Å². The Balaban J connectivity index is 2.53. The molecule has 0 saturated carbocycles. The van der Waals surface area contributed by atoms with Gasteiger partial charge in [0.15, 0.2) is 0 Å². The molecule has 0 aliphatic carbocycles. The van der Waals surface area contributed by atoms with Crippen molar-refractivity contribution in [2.75, 3.05) is 19.0 Å². The van der Waals surface area contributed by atoms with Gasteiger partial charge >= 0.3 is 0 Å². The van der Waals surface area contributed by atoms with Crippen LogP contribution in [-0.2, 0) is 0 Å². The first-order valence-corrected chi connectivity index (χ1v) is 7.30. The topological polar surface area (TPSA) is 47.0 Å². The average molecular weight is 285 g/mol. The van der Waals surface area contributed by atoms with Gasteiger partial charge in [-0.05, 0) is 50.5 Å². The van der Waals surface area contributed by atoms with E-state index in [1.807, 2.05) is 19.1 Å². The molecule has 2 rings (SSSR count). The predicted octanol–water partition coefficient (Wildman–Crippen LogP) is 3.90. The molecule has 0 bridgehead atoms. The highest BCUT2D eigenvalue weighted by Crippen LogP contribution is 2.33. The number of methoxy groups -OCH3 is 1. The number of nitrogens with zero attached hydrogens (tertiary/aromatic N) is 2. The second-order valence-corrected chi connectivity index (χ2v) is 5.30. The summed E-state index contributed by atoms with van der Waals surface area (Å²) in [6, 6.07) is 6.19. The van der Waals surface area contributed by atoms with Gasteiger partial charge in [-0.2, -0.15) is 0 Å². The summed E-state index contributed by atoms with van der Waals surface area (Å²) in [7, 11) is 1.70. The SMILES string of the molecule is CCCNc1nc(C)cc(-c2c(C)cc(C)cc2OC)n1. The summed E-state index contributed by atoms with van der Waals surface area (Å²) in [6.45, 7) is 9.13. The van der Waals surface area contributed by atoms with Gasteiger partial charge in [-0.3, -0.25) is 0 Å². The average Bonchev–Trinajstić information content (AvgIpc) is 2.43. The molecule has 1 N–H and O–H groups in total. The Kier molecular flexibility index (Phi) is 4.78. The number of hydrogen-bond acceptors (Lipinski definition) is 4. The molecule has 0 amide bonds. The van der Waals surface area contributed by atoms with Crippen molar-refractivity contribution in [3.05, 3.63) is 35.0 Å². The van der Waals surface area contributed by atoms with Crippen LogP contribution in [0.5, 0.6) is 5.75 Å². The molecule has 1 heterocycles. The number of rotatable bonds is 5. The van der Waals surface area contributed by atoms with Crippen LogP contribution in [0.4, 0.5) is 5.95 Å². The number of anilines is 1. The molecule has 0 fully saturated rings. The summed E-state index contributed by atoms with van der Waals surface area (Å²) in [6.07, 6.45) is 1.04. The van der Waals surface area contributed by atoms with E-state index in [4.69, 9.17) is 4.74 Å². The van der Waals surface area contributed by atoms with Gasteiger partial charge < -0.3 is 10.1 Å². The van der Waals surface area contributed by atoms with Gasteiger partial charge in [0, 0.05) is 17.8 Å². The van der Waals surface area contributed by atoms with Crippen molar-refractivity contribution < 1.29 is 4.74 Å². The van der Waals surface area contributed by atoms with E-state index in [-0.39, 0.29) is 0 Å². The molecule has 0 aliphatic rings. The van der Waals surface area contributed by atoms with Crippen molar-refractivity contribution in [1.29, 1.82) is 0 Å². The van der Waals surface area contributed by atoms with E-state index in [1.165, 1.54) is 5.56 Å². The molecule has 4 heteroatoms. The monoisotopic (exact) mass is 285 g/mol. The molecule has 21 heavy (non-hydrogen) atoms. The number of ether oxygens (including phenoxy) is 1. The van der Waals surface area contributed by atoms with Gasteiger partial charge in [-0.25, -0.2) is 9.97 Å². The Bertz CT molecular complexity index is 638. The molecule has 0 spiro atoms. The van der Waals surface area contributed by atoms with Crippen molar-refractivity contribution >= 4 is 5.95 Å². The Labute approximate surface area is 126 Å². The summed E-state index contributed by atoms with van der Waals surface area (Å²) in [5, 5.41) is 3.25. The lowest BCUT2D eigenvalue weighted by Crippen LogP contribution is -2.06. The fraction of sp³-hybridized carbons (Fsp3) is 0.412. The third-order valence-electron chi connectivity index (χ3n) is 3.31. The van der Waals surface area contributed by atoms with Gasteiger partial charge in [-0.1, -0.05) is 13.0 Å². The summed E-state index contributed by atoms with van der Waals surface area (Å²) in [5.74, 6) is 1.53. The van der Waals surface area contributed by atoms with Crippen LogP contribution < -0.4 is 10.1 Å². The Morgan fingerprint density at radius 1 is 1.10 bits per heavy atom. The van der Waals surface area contributed by atoms with Crippen LogP contribution in [0.15, 0.2) is 18.2 Å². The fourth-order valence-corrected chi connectivity index (χ4v) is 2.43.